The highest BCUT2D eigenvalue weighted by Gasteiger charge is 2.05. The molecule has 0 N–H and O–H groups in total. The third-order valence-electron chi connectivity index (χ3n) is 1.21. The number of hydrogen-bond acceptors (Lipinski definition) is 2. The fraction of sp³-hybridized carbons (Fsp3) is 0.714. The van der Waals surface area contributed by atoms with Crippen LogP contribution in [0.3, 0.4) is 0 Å². The fourth-order valence-corrected chi connectivity index (χ4v) is 0.628. The zero-order valence-electron chi connectivity index (χ0n) is 5.85. The molecule has 0 saturated heterocycles. The van der Waals surface area contributed by atoms with E-state index in [-0.39, 0.29) is 11.7 Å². The van der Waals surface area contributed by atoms with Crippen LogP contribution in [0.5, 0.6) is 0 Å². The quantitative estimate of drug-likeness (QED) is 0.573. The molecule has 0 rings (SSSR count). The van der Waals surface area contributed by atoms with E-state index in [2.05, 4.69) is 6.07 Å². The van der Waals surface area contributed by atoms with Gasteiger partial charge in [0.2, 0.25) is 0 Å². The van der Waals surface area contributed by atoms with E-state index in [1.54, 1.807) is 0 Å². The molecule has 0 aliphatic carbocycles. The molecule has 2 nitrogen and oxygen atoms in total. The summed E-state index contributed by atoms with van der Waals surface area (Å²) in [7, 11) is 0. The third kappa shape index (κ3) is 3.72. The molecule has 0 saturated carbocycles. The predicted octanol–water partition coefficient (Wildman–Crippen LogP) is 1.52. The molecule has 0 fully saturated rings. The van der Waals surface area contributed by atoms with Crippen LogP contribution < -0.4 is 0 Å². The molecule has 0 aliphatic rings. The van der Waals surface area contributed by atoms with Gasteiger partial charge in [0.15, 0.2) is 0 Å². The Hall–Kier alpha value is -0.840. The maximum Gasteiger partial charge on any atom is 0.131 e. The number of nitriles is 1. The van der Waals surface area contributed by atoms with E-state index in [1.807, 2.05) is 6.92 Å². The molecule has 0 aromatic heterocycles. The SMILES string of the molecule is CCC(C#N)CC(C)=O. The van der Waals surface area contributed by atoms with E-state index < -0.39 is 0 Å². The normalized spacial score (nSPS) is 12.1. The summed E-state index contributed by atoms with van der Waals surface area (Å²) in [5.41, 5.74) is 0. The Labute approximate surface area is 55.5 Å². The van der Waals surface area contributed by atoms with E-state index in [4.69, 9.17) is 5.26 Å². The van der Waals surface area contributed by atoms with E-state index in [1.165, 1.54) is 6.92 Å². The Morgan fingerprint density at radius 3 is 2.44 bits per heavy atom. The Kier molecular flexibility index (Phi) is 3.70. The minimum atomic E-state index is -0.0671. The minimum absolute atomic E-state index is 0.0671. The molecule has 0 spiro atoms. The summed E-state index contributed by atoms with van der Waals surface area (Å²) >= 11 is 0. The van der Waals surface area contributed by atoms with Gasteiger partial charge in [-0.3, -0.25) is 4.79 Å². The van der Waals surface area contributed by atoms with Gasteiger partial charge in [0, 0.05) is 6.42 Å². The summed E-state index contributed by atoms with van der Waals surface area (Å²) in [4.78, 5) is 10.4. The summed E-state index contributed by atoms with van der Waals surface area (Å²) in [6, 6.07) is 2.06. The lowest BCUT2D eigenvalue weighted by atomic mass is 10.0. The molecule has 1 atom stereocenters. The van der Waals surface area contributed by atoms with Crippen LogP contribution in [0.4, 0.5) is 0 Å². The molecule has 0 radical (unpaired) electrons. The van der Waals surface area contributed by atoms with Gasteiger partial charge in [-0.1, -0.05) is 6.92 Å². The number of hydrogen-bond donors (Lipinski definition) is 0. The average molecular weight is 125 g/mol. The lowest BCUT2D eigenvalue weighted by molar-refractivity contribution is -0.117. The smallest absolute Gasteiger partial charge is 0.131 e. The zero-order chi connectivity index (χ0) is 7.28. The Morgan fingerprint density at radius 2 is 2.33 bits per heavy atom. The number of rotatable bonds is 3. The van der Waals surface area contributed by atoms with Gasteiger partial charge in [-0.15, -0.1) is 0 Å². The lowest BCUT2D eigenvalue weighted by Crippen LogP contribution is -2.01. The first kappa shape index (κ1) is 8.16. The van der Waals surface area contributed by atoms with Crippen LogP contribution in [0.25, 0.3) is 0 Å². The third-order valence-corrected chi connectivity index (χ3v) is 1.21. The van der Waals surface area contributed by atoms with E-state index in [0.29, 0.717) is 6.42 Å². The van der Waals surface area contributed by atoms with Crippen molar-refractivity contribution in [3.05, 3.63) is 0 Å². The molecule has 9 heavy (non-hydrogen) atoms. The lowest BCUT2D eigenvalue weighted by Gasteiger charge is -1.98. The molecule has 0 amide bonds. The summed E-state index contributed by atoms with van der Waals surface area (Å²) in [5.74, 6) is 0.0332. The Balaban J connectivity index is 3.60. The molecule has 1 unspecified atom stereocenters. The van der Waals surface area contributed by atoms with Crippen molar-refractivity contribution in [2.75, 3.05) is 0 Å². The van der Waals surface area contributed by atoms with Gasteiger partial charge >= 0.3 is 0 Å². The second kappa shape index (κ2) is 4.08. The zero-order valence-corrected chi connectivity index (χ0v) is 5.85. The number of carbonyl (C=O) groups excluding carboxylic acids is 1. The highest BCUT2D eigenvalue weighted by Crippen LogP contribution is 2.05. The van der Waals surface area contributed by atoms with Crippen LogP contribution in [0.1, 0.15) is 26.7 Å². The first-order chi connectivity index (χ1) is 4.20. The number of ketones is 1. The highest BCUT2D eigenvalue weighted by atomic mass is 16.1. The summed E-state index contributed by atoms with van der Waals surface area (Å²) in [6.07, 6.45) is 1.18. The van der Waals surface area contributed by atoms with Crippen LogP contribution in [-0.4, -0.2) is 5.78 Å². The van der Waals surface area contributed by atoms with Crippen molar-refractivity contribution < 1.29 is 4.79 Å². The molecule has 0 aliphatic heterocycles. The van der Waals surface area contributed by atoms with Gasteiger partial charge in [0.25, 0.3) is 0 Å². The molecule has 0 heterocycles. The van der Waals surface area contributed by atoms with Gasteiger partial charge in [-0.05, 0) is 13.3 Å². The Morgan fingerprint density at radius 1 is 1.78 bits per heavy atom. The van der Waals surface area contributed by atoms with Crippen molar-refractivity contribution in [1.82, 2.24) is 0 Å². The topological polar surface area (TPSA) is 40.9 Å². The van der Waals surface area contributed by atoms with Gasteiger partial charge < -0.3 is 0 Å². The van der Waals surface area contributed by atoms with Crippen LogP contribution in [0.15, 0.2) is 0 Å². The molecular formula is C7H11NO. The molecule has 2 heteroatoms. The van der Waals surface area contributed by atoms with Gasteiger partial charge in [-0.25, -0.2) is 0 Å². The molecule has 0 bridgehead atoms. The minimum Gasteiger partial charge on any atom is -0.300 e. The van der Waals surface area contributed by atoms with Crippen molar-refractivity contribution in [1.29, 1.82) is 5.26 Å². The maximum atomic E-state index is 10.4. The number of Topliss-reactive ketones (excluding diaryl/α,β-unsaturated/α-hetero) is 1. The summed E-state index contributed by atoms with van der Waals surface area (Å²) < 4.78 is 0. The highest BCUT2D eigenvalue weighted by molar-refractivity contribution is 5.75. The molecule has 50 valence electrons. The van der Waals surface area contributed by atoms with Crippen molar-refractivity contribution in [2.45, 2.75) is 26.7 Å². The van der Waals surface area contributed by atoms with Crippen molar-refractivity contribution in [3.63, 3.8) is 0 Å². The summed E-state index contributed by atoms with van der Waals surface area (Å²) in [5, 5.41) is 8.37. The van der Waals surface area contributed by atoms with Crippen molar-refractivity contribution in [3.8, 4) is 6.07 Å². The Bertz CT molecular complexity index is 134. The standard InChI is InChI=1S/C7H11NO/c1-3-7(5-8)4-6(2)9/h7H,3-4H2,1-2H3. The average Bonchev–Trinajstić information content (AvgIpc) is 1.82. The van der Waals surface area contributed by atoms with Crippen LogP contribution in [0, 0.1) is 17.2 Å². The second-order valence-corrected chi connectivity index (χ2v) is 2.14. The second-order valence-electron chi connectivity index (χ2n) is 2.14. The van der Waals surface area contributed by atoms with E-state index >= 15 is 0 Å². The first-order valence-corrected chi connectivity index (χ1v) is 3.09. The van der Waals surface area contributed by atoms with Gasteiger partial charge in [0.05, 0.1) is 12.0 Å². The monoisotopic (exact) mass is 125 g/mol. The fourth-order valence-electron chi connectivity index (χ4n) is 0.628. The van der Waals surface area contributed by atoms with Gasteiger partial charge in [0.1, 0.15) is 5.78 Å². The maximum absolute atomic E-state index is 10.4. The van der Waals surface area contributed by atoms with Gasteiger partial charge in [-0.2, -0.15) is 5.26 Å². The predicted molar refractivity (Wildman–Crippen MR) is 34.7 cm³/mol. The largest absolute Gasteiger partial charge is 0.300 e. The first-order valence-electron chi connectivity index (χ1n) is 3.09. The van der Waals surface area contributed by atoms with Crippen LogP contribution >= 0.6 is 0 Å². The molecule has 0 aromatic rings. The van der Waals surface area contributed by atoms with Crippen LogP contribution in [0.2, 0.25) is 0 Å². The van der Waals surface area contributed by atoms with E-state index in [9.17, 15) is 4.79 Å². The van der Waals surface area contributed by atoms with Crippen molar-refractivity contribution >= 4 is 5.78 Å². The van der Waals surface area contributed by atoms with Crippen LogP contribution in [-0.2, 0) is 4.79 Å². The molecular weight excluding hydrogens is 114 g/mol. The number of nitrogens with zero attached hydrogens (tertiary/aromatic N) is 1. The van der Waals surface area contributed by atoms with E-state index in [0.717, 1.165) is 6.42 Å². The number of carbonyl (C=O) groups is 1. The van der Waals surface area contributed by atoms with Crippen molar-refractivity contribution in [2.24, 2.45) is 5.92 Å². The molecule has 0 aromatic carbocycles. The summed E-state index contributed by atoms with van der Waals surface area (Å²) in [6.45, 7) is 3.43.